The first-order valence-corrected chi connectivity index (χ1v) is 7.01. The van der Waals surface area contributed by atoms with Gasteiger partial charge in [-0.25, -0.2) is 0 Å². The molecule has 1 heterocycles. The van der Waals surface area contributed by atoms with Gasteiger partial charge in [0.05, 0.1) is 6.04 Å². The first kappa shape index (κ1) is 13.6. The van der Waals surface area contributed by atoms with Gasteiger partial charge in [0.2, 0.25) is 0 Å². The summed E-state index contributed by atoms with van der Waals surface area (Å²) in [5.74, 6) is 1.45. The predicted molar refractivity (Wildman–Crippen MR) is 79.9 cm³/mol. The molecule has 1 atom stereocenters. The van der Waals surface area contributed by atoms with E-state index in [1.165, 1.54) is 0 Å². The molecule has 1 aliphatic rings. The number of benzene rings is 2. The number of hydrogen-bond donors (Lipinski definition) is 1. The standard InChI is InChI=1S/C15H13Cl2NO2/c16-10-2-3-12(17)11(8-10)15(18)9-1-4-13-14(7-9)20-6-5-19-13/h1-4,7-8,15H,5-6,18H2. The summed E-state index contributed by atoms with van der Waals surface area (Å²) in [5, 5.41) is 1.20. The van der Waals surface area contributed by atoms with E-state index < -0.39 is 0 Å². The molecular weight excluding hydrogens is 297 g/mol. The van der Waals surface area contributed by atoms with Crippen LogP contribution >= 0.6 is 23.2 Å². The van der Waals surface area contributed by atoms with E-state index >= 15 is 0 Å². The zero-order valence-electron chi connectivity index (χ0n) is 10.6. The van der Waals surface area contributed by atoms with E-state index in [9.17, 15) is 0 Å². The normalized spacial score (nSPS) is 14.9. The van der Waals surface area contributed by atoms with Crippen LogP contribution in [-0.4, -0.2) is 13.2 Å². The second kappa shape index (κ2) is 5.52. The molecule has 5 heteroatoms. The van der Waals surface area contributed by atoms with Crippen LogP contribution in [0.3, 0.4) is 0 Å². The van der Waals surface area contributed by atoms with Crippen LogP contribution < -0.4 is 15.2 Å². The largest absolute Gasteiger partial charge is 0.486 e. The van der Waals surface area contributed by atoms with Gasteiger partial charge in [-0.1, -0.05) is 29.3 Å². The Morgan fingerprint density at radius 2 is 1.70 bits per heavy atom. The van der Waals surface area contributed by atoms with E-state index in [0.717, 1.165) is 16.9 Å². The van der Waals surface area contributed by atoms with Crippen LogP contribution in [0.2, 0.25) is 10.0 Å². The van der Waals surface area contributed by atoms with Crippen LogP contribution in [0.4, 0.5) is 0 Å². The SMILES string of the molecule is NC(c1ccc2c(c1)OCCO2)c1cc(Cl)ccc1Cl. The topological polar surface area (TPSA) is 44.5 Å². The second-order valence-electron chi connectivity index (χ2n) is 4.55. The Labute approximate surface area is 127 Å². The molecule has 0 fully saturated rings. The van der Waals surface area contributed by atoms with Crippen LogP contribution in [0, 0.1) is 0 Å². The van der Waals surface area contributed by atoms with Gasteiger partial charge in [-0.05, 0) is 41.5 Å². The summed E-state index contributed by atoms with van der Waals surface area (Å²) in [4.78, 5) is 0. The monoisotopic (exact) mass is 309 g/mol. The molecule has 0 bridgehead atoms. The first-order valence-electron chi connectivity index (χ1n) is 6.25. The van der Waals surface area contributed by atoms with Gasteiger partial charge < -0.3 is 15.2 Å². The number of nitrogens with two attached hydrogens (primary N) is 1. The molecule has 2 aromatic rings. The van der Waals surface area contributed by atoms with Gasteiger partial charge in [-0.3, -0.25) is 0 Å². The quantitative estimate of drug-likeness (QED) is 0.917. The van der Waals surface area contributed by atoms with Gasteiger partial charge in [0.1, 0.15) is 13.2 Å². The van der Waals surface area contributed by atoms with Gasteiger partial charge in [0.15, 0.2) is 11.5 Å². The lowest BCUT2D eigenvalue weighted by Crippen LogP contribution is -2.17. The maximum atomic E-state index is 6.28. The number of halogens is 2. The minimum atomic E-state index is -0.364. The van der Waals surface area contributed by atoms with E-state index in [-0.39, 0.29) is 6.04 Å². The van der Waals surface area contributed by atoms with Crippen LogP contribution in [-0.2, 0) is 0 Å². The average Bonchev–Trinajstić information content (AvgIpc) is 2.48. The number of hydrogen-bond acceptors (Lipinski definition) is 3. The number of fused-ring (bicyclic) bond motifs is 1. The van der Waals surface area contributed by atoms with Crippen molar-refractivity contribution in [1.82, 2.24) is 0 Å². The summed E-state index contributed by atoms with van der Waals surface area (Å²) in [5.41, 5.74) is 7.97. The molecule has 1 unspecified atom stereocenters. The Morgan fingerprint density at radius 3 is 2.50 bits per heavy atom. The summed E-state index contributed by atoms with van der Waals surface area (Å²) in [6.45, 7) is 1.11. The second-order valence-corrected chi connectivity index (χ2v) is 5.39. The van der Waals surface area contributed by atoms with Gasteiger partial charge in [-0.2, -0.15) is 0 Å². The third kappa shape index (κ3) is 2.57. The lowest BCUT2D eigenvalue weighted by atomic mass is 9.99. The first-order chi connectivity index (χ1) is 9.65. The Hall–Kier alpha value is -1.42. The van der Waals surface area contributed by atoms with Gasteiger partial charge >= 0.3 is 0 Å². The molecule has 3 nitrogen and oxygen atoms in total. The van der Waals surface area contributed by atoms with Crippen LogP contribution in [0.5, 0.6) is 11.5 Å². The van der Waals surface area contributed by atoms with Crippen LogP contribution in [0.15, 0.2) is 36.4 Å². The minimum absolute atomic E-state index is 0.364. The van der Waals surface area contributed by atoms with E-state index in [2.05, 4.69) is 0 Å². The molecule has 1 aliphatic heterocycles. The molecule has 0 spiro atoms. The molecule has 0 saturated heterocycles. The maximum Gasteiger partial charge on any atom is 0.161 e. The lowest BCUT2D eigenvalue weighted by Gasteiger charge is -2.21. The highest BCUT2D eigenvalue weighted by atomic mass is 35.5. The predicted octanol–water partition coefficient (Wildman–Crippen LogP) is 3.81. The fourth-order valence-electron chi connectivity index (χ4n) is 2.19. The summed E-state index contributed by atoms with van der Waals surface area (Å²) in [6, 6.07) is 10.6. The summed E-state index contributed by atoms with van der Waals surface area (Å²) in [6.07, 6.45) is 0. The van der Waals surface area contributed by atoms with Gasteiger partial charge in [-0.15, -0.1) is 0 Å². The van der Waals surface area contributed by atoms with Crippen molar-refractivity contribution in [2.45, 2.75) is 6.04 Å². The highest BCUT2D eigenvalue weighted by molar-refractivity contribution is 6.33. The van der Waals surface area contributed by atoms with Gasteiger partial charge in [0.25, 0.3) is 0 Å². The van der Waals surface area contributed by atoms with Crippen molar-refractivity contribution < 1.29 is 9.47 Å². The smallest absolute Gasteiger partial charge is 0.161 e. The summed E-state index contributed by atoms with van der Waals surface area (Å²) >= 11 is 12.2. The van der Waals surface area contributed by atoms with Crippen LogP contribution in [0.25, 0.3) is 0 Å². The fourth-order valence-corrected chi connectivity index (χ4v) is 2.60. The average molecular weight is 310 g/mol. The molecule has 0 amide bonds. The zero-order valence-corrected chi connectivity index (χ0v) is 12.1. The number of rotatable bonds is 2. The molecule has 0 radical (unpaired) electrons. The fraction of sp³-hybridized carbons (Fsp3) is 0.200. The Bertz CT molecular complexity index is 646. The minimum Gasteiger partial charge on any atom is -0.486 e. The maximum absolute atomic E-state index is 6.28. The van der Waals surface area contributed by atoms with Crippen molar-refractivity contribution in [3.8, 4) is 11.5 Å². The van der Waals surface area contributed by atoms with E-state index in [4.69, 9.17) is 38.4 Å². The highest BCUT2D eigenvalue weighted by Crippen LogP contribution is 2.35. The van der Waals surface area contributed by atoms with Crippen molar-refractivity contribution in [3.05, 3.63) is 57.6 Å². The Morgan fingerprint density at radius 1 is 0.950 bits per heavy atom. The molecule has 2 aromatic carbocycles. The van der Waals surface area contributed by atoms with E-state index in [1.54, 1.807) is 18.2 Å². The summed E-state index contributed by atoms with van der Waals surface area (Å²) in [7, 11) is 0. The lowest BCUT2D eigenvalue weighted by molar-refractivity contribution is 0.171. The van der Waals surface area contributed by atoms with Crippen molar-refractivity contribution in [2.75, 3.05) is 13.2 Å². The Kier molecular flexibility index (Phi) is 3.74. The van der Waals surface area contributed by atoms with Crippen molar-refractivity contribution in [2.24, 2.45) is 5.73 Å². The van der Waals surface area contributed by atoms with Gasteiger partial charge in [0, 0.05) is 10.0 Å². The highest BCUT2D eigenvalue weighted by Gasteiger charge is 2.17. The molecule has 20 heavy (non-hydrogen) atoms. The van der Waals surface area contributed by atoms with E-state index in [0.29, 0.717) is 29.0 Å². The van der Waals surface area contributed by atoms with Crippen LogP contribution in [0.1, 0.15) is 17.2 Å². The molecule has 0 saturated carbocycles. The molecule has 0 aliphatic carbocycles. The van der Waals surface area contributed by atoms with Crippen molar-refractivity contribution in [1.29, 1.82) is 0 Å². The van der Waals surface area contributed by atoms with E-state index in [1.807, 2.05) is 18.2 Å². The van der Waals surface area contributed by atoms with Crippen molar-refractivity contribution >= 4 is 23.2 Å². The molecule has 3 rings (SSSR count). The number of ether oxygens (including phenoxy) is 2. The van der Waals surface area contributed by atoms with Crippen molar-refractivity contribution in [3.63, 3.8) is 0 Å². The Balaban J connectivity index is 1.97. The summed E-state index contributed by atoms with van der Waals surface area (Å²) < 4.78 is 11.1. The molecular formula is C15H13Cl2NO2. The zero-order chi connectivity index (χ0) is 14.1. The molecule has 0 aromatic heterocycles. The molecule has 2 N–H and O–H groups in total. The third-order valence-electron chi connectivity index (χ3n) is 3.22. The third-order valence-corrected chi connectivity index (χ3v) is 3.80. The molecule has 104 valence electrons.